The summed E-state index contributed by atoms with van der Waals surface area (Å²) in [7, 11) is 1.68. The summed E-state index contributed by atoms with van der Waals surface area (Å²) in [5, 5.41) is 8.90. The number of hydrogen-bond donors (Lipinski definition) is 1. The number of rotatable bonds is 6. The maximum Gasteiger partial charge on any atom is 0.339 e. The van der Waals surface area contributed by atoms with Gasteiger partial charge in [0.15, 0.2) is 0 Å². The predicted molar refractivity (Wildman–Crippen MR) is 69.9 cm³/mol. The van der Waals surface area contributed by atoms with Crippen molar-refractivity contribution in [3.8, 4) is 0 Å². The fourth-order valence-corrected chi connectivity index (χ4v) is 1.91. The van der Waals surface area contributed by atoms with Crippen LogP contribution in [0.1, 0.15) is 28.3 Å². The quantitative estimate of drug-likeness (QED) is 0.856. The maximum absolute atomic E-state index is 11.7. The monoisotopic (exact) mass is 271 g/mol. The average Bonchev–Trinajstić information content (AvgIpc) is 2.67. The summed E-state index contributed by atoms with van der Waals surface area (Å²) in [6, 6.07) is 1.47. The zero-order valence-electron chi connectivity index (χ0n) is 10.7. The maximum atomic E-state index is 11.7. The molecule has 0 aliphatic carbocycles. The molecular weight excluding hydrogens is 254 g/mol. The van der Waals surface area contributed by atoms with Gasteiger partial charge in [0, 0.05) is 19.2 Å². The van der Waals surface area contributed by atoms with Gasteiger partial charge in [0.25, 0.3) is 0 Å². The Balaban J connectivity index is 2.64. The van der Waals surface area contributed by atoms with E-state index in [0.29, 0.717) is 24.5 Å². The van der Waals surface area contributed by atoms with E-state index in [9.17, 15) is 9.59 Å². The number of carboxylic acids is 1. The number of aryl methyl sites for hydroxylation is 1. The molecule has 0 atom stereocenters. The van der Waals surface area contributed by atoms with Gasteiger partial charge in [-0.3, -0.25) is 4.79 Å². The molecule has 100 valence electrons. The van der Waals surface area contributed by atoms with Gasteiger partial charge in [0.2, 0.25) is 5.91 Å². The zero-order chi connectivity index (χ0) is 13.7. The Labute approximate surface area is 110 Å². The summed E-state index contributed by atoms with van der Waals surface area (Å²) in [5.74, 6) is 0.641. The van der Waals surface area contributed by atoms with Gasteiger partial charge in [-0.1, -0.05) is 0 Å². The highest BCUT2D eigenvalue weighted by molar-refractivity contribution is 7.98. The van der Waals surface area contributed by atoms with Gasteiger partial charge in [-0.05, 0) is 19.2 Å². The van der Waals surface area contributed by atoms with E-state index in [2.05, 4.69) is 0 Å². The first-order valence-corrected chi connectivity index (χ1v) is 6.90. The van der Waals surface area contributed by atoms with Crippen molar-refractivity contribution in [3.05, 3.63) is 23.2 Å². The number of nitrogens with zero attached hydrogens (tertiary/aromatic N) is 1. The predicted octanol–water partition coefficient (Wildman–Crippen LogP) is 2.00. The SMILES string of the molecule is CSCCC(=O)N(C)Cc1cc(C(=O)O)c(C)o1. The molecule has 1 aromatic rings. The molecule has 1 aromatic heterocycles. The van der Waals surface area contributed by atoms with Crippen LogP contribution in [0.15, 0.2) is 10.5 Å². The minimum Gasteiger partial charge on any atom is -0.478 e. The van der Waals surface area contributed by atoms with E-state index >= 15 is 0 Å². The lowest BCUT2D eigenvalue weighted by molar-refractivity contribution is -0.130. The molecule has 0 unspecified atom stereocenters. The van der Waals surface area contributed by atoms with Crippen LogP contribution in [0.5, 0.6) is 0 Å². The van der Waals surface area contributed by atoms with Crippen LogP contribution in [-0.2, 0) is 11.3 Å². The van der Waals surface area contributed by atoms with Gasteiger partial charge >= 0.3 is 5.97 Å². The van der Waals surface area contributed by atoms with Gasteiger partial charge in [0.05, 0.1) is 6.54 Å². The Morgan fingerprint density at radius 3 is 2.67 bits per heavy atom. The van der Waals surface area contributed by atoms with Crippen LogP contribution < -0.4 is 0 Å². The fourth-order valence-electron chi connectivity index (χ4n) is 1.54. The van der Waals surface area contributed by atoms with E-state index in [4.69, 9.17) is 9.52 Å². The summed E-state index contributed by atoms with van der Waals surface area (Å²) in [6.45, 7) is 1.89. The summed E-state index contributed by atoms with van der Waals surface area (Å²) in [5.41, 5.74) is 0.148. The van der Waals surface area contributed by atoms with Gasteiger partial charge in [-0.25, -0.2) is 4.79 Å². The first-order chi connectivity index (χ1) is 8.45. The number of furan rings is 1. The minimum absolute atomic E-state index is 0.0234. The summed E-state index contributed by atoms with van der Waals surface area (Å²) in [4.78, 5) is 24.1. The molecule has 1 rings (SSSR count). The molecule has 6 heteroatoms. The number of amides is 1. The minimum atomic E-state index is -1.01. The van der Waals surface area contributed by atoms with Gasteiger partial charge in [-0.15, -0.1) is 0 Å². The second kappa shape index (κ2) is 6.49. The van der Waals surface area contributed by atoms with Crippen molar-refractivity contribution >= 4 is 23.6 Å². The summed E-state index contributed by atoms with van der Waals surface area (Å²) in [6.07, 6.45) is 2.42. The number of hydrogen-bond acceptors (Lipinski definition) is 4. The topological polar surface area (TPSA) is 70.8 Å². The largest absolute Gasteiger partial charge is 0.478 e. The van der Waals surface area contributed by atoms with E-state index in [0.717, 1.165) is 5.75 Å². The van der Waals surface area contributed by atoms with Crippen LogP contribution >= 0.6 is 11.8 Å². The molecule has 0 aromatic carbocycles. The lowest BCUT2D eigenvalue weighted by Crippen LogP contribution is -2.26. The second-order valence-corrected chi connectivity index (χ2v) is 4.97. The highest BCUT2D eigenvalue weighted by Crippen LogP contribution is 2.16. The Kier molecular flexibility index (Phi) is 5.27. The van der Waals surface area contributed by atoms with Crippen LogP contribution in [0.2, 0.25) is 0 Å². The Bertz CT molecular complexity index is 441. The number of thioether (sulfide) groups is 1. The number of carbonyl (C=O) groups excluding carboxylic acids is 1. The van der Waals surface area contributed by atoms with E-state index in [1.807, 2.05) is 6.26 Å². The van der Waals surface area contributed by atoms with Crippen molar-refractivity contribution in [2.45, 2.75) is 19.9 Å². The lowest BCUT2D eigenvalue weighted by Gasteiger charge is -2.15. The Hall–Kier alpha value is -1.43. The van der Waals surface area contributed by atoms with Crippen molar-refractivity contribution in [3.63, 3.8) is 0 Å². The van der Waals surface area contributed by atoms with Gasteiger partial charge < -0.3 is 14.4 Å². The van der Waals surface area contributed by atoms with Crippen LogP contribution in [0.4, 0.5) is 0 Å². The molecule has 0 bridgehead atoms. The molecule has 0 radical (unpaired) electrons. The highest BCUT2D eigenvalue weighted by Gasteiger charge is 2.16. The van der Waals surface area contributed by atoms with Gasteiger partial charge in [0.1, 0.15) is 17.1 Å². The first-order valence-electron chi connectivity index (χ1n) is 5.51. The van der Waals surface area contributed by atoms with Crippen LogP contribution in [0, 0.1) is 6.92 Å². The summed E-state index contributed by atoms with van der Waals surface area (Å²) < 4.78 is 5.32. The normalized spacial score (nSPS) is 10.4. The lowest BCUT2D eigenvalue weighted by atomic mass is 10.2. The first kappa shape index (κ1) is 14.6. The molecule has 1 heterocycles. The molecule has 0 saturated heterocycles. The number of aromatic carboxylic acids is 1. The third kappa shape index (κ3) is 3.80. The fraction of sp³-hybridized carbons (Fsp3) is 0.500. The molecule has 0 saturated carbocycles. The third-order valence-electron chi connectivity index (χ3n) is 2.54. The highest BCUT2D eigenvalue weighted by atomic mass is 32.2. The Morgan fingerprint density at radius 2 is 2.17 bits per heavy atom. The smallest absolute Gasteiger partial charge is 0.339 e. The molecule has 0 aliphatic rings. The van der Waals surface area contributed by atoms with Crippen molar-refractivity contribution < 1.29 is 19.1 Å². The average molecular weight is 271 g/mol. The standard InChI is InChI=1S/C12H17NO4S/c1-8-10(12(15)16)6-9(17-8)7-13(2)11(14)4-5-18-3/h6H,4-5,7H2,1-3H3,(H,15,16). The molecule has 18 heavy (non-hydrogen) atoms. The number of carbonyl (C=O) groups is 2. The third-order valence-corrected chi connectivity index (χ3v) is 3.15. The molecule has 1 N–H and O–H groups in total. The molecule has 1 amide bonds. The van der Waals surface area contributed by atoms with Gasteiger partial charge in [-0.2, -0.15) is 11.8 Å². The van der Waals surface area contributed by atoms with Crippen LogP contribution in [-0.4, -0.2) is 40.9 Å². The molecular formula is C12H17NO4S. The van der Waals surface area contributed by atoms with Crippen molar-refractivity contribution in [2.24, 2.45) is 0 Å². The molecule has 0 aliphatic heterocycles. The van der Waals surface area contributed by atoms with Crippen molar-refractivity contribution in [2.75, 3.05) is 19.1 Å². The van der Waals surface area contributed by atoms with E-state index in [1.165, 1.54) is 6.07 Å². The number of carboxylic acid groups (broad SMARTS) is 1. The van der Waals surface area contributed by atoms with E-state index in [1.54, 1.807) is 30.6 Å². The van der Waals surface area contributed by atoms with Crippen molar-refractivity contribution in [1.82, 2.24) is 4.90 Å². The second-order valence-electron chi connectivity index (χ2n) is 3.98. The van der Waals surface area contributed by atoms with E-state index in [-0.39, 0.29) is 11.5 Å². The van der Waals surface area contributed by atoms with Crippen molar-refractivity contribution in [1.29, 1.82) is 0 Å². The zero-order valence-corrected chi connectivity index (χ0v) is 11.5. The molecule has 5 nitrogen and oxygen atoms in total. The molecule has 0 spiro atoms. The Morgan fingerprint density at radius 1 is 1.50 bits per heavy atom. The van der Waals surface area contributed by atoms with Crippen LogP contribution in [0.25, 0.3) is 0 Å². The van der Waals surface area contributed by atoms with E-state index < -0.39 is 5.97 Å². The molecule has 0 fully saturated rings. The van der Waals surface area contributed by atoms with Crippen LogP contribution in [0.3, 0.4) is 0 Å². The summed E-state index contributed by atoms with van der Waals surface area (Å²) >= 11 is 1.62.